The van der Waals surface area contributed by atoms with Crippen molar-refractivity contribution >= 4 is 21.6 Å². The topological polar surface area (TPSA) is 21.6 Å². The maximum Gasteiger partial charge on any atom is 0.106 e. The van der Waals surface area contributed by atoms with Gasteiger partial charge >= 0.3 is 0 Å². The molecular formula is C10H12BrNO. The van der Waals surface area contributed by atoms with E-state index >= 15 is 0 Å². The Labute approximate surface area is 86.7 Å². The number of nitrogens with zero attached hydrogens (tertiary/aromatic N) is 1. The lowest BCUT2D eigenvalue weighted by atomic mass is 10.1. The lowest BCUT2D eigenvalue weighted by molar-refractivity contribution is 0.213. The summed E-state index contributed by atoms with van der Waals surface area (Å²) in [5.41, 5.74) is 3.25. The molecule has 13 heavy (non-hydrogen) atoms. The van der Waals surface area contributed by atoms with E-state index in [-0.39, 0.29) is 0 Å². The summed E-state index contributed by atoms with van der Waals surface area (Å²) in [6.07, 6.45) is 0. The summed E-state index contributed by atoms with van der Waals surface area (Å²) in [6, 6.07) is 8.10. The van der Waals surface area contributed by atoms with Crippen LogP contribution in [-0.2, 0) is 4.84 Å². The Morgan fingerprint density at radius 3 is 2.69 bits per heavy atom. The summed E-state index contributed by atoms with van der Waals surface area (Å²) in [5, 5.41) is 4.64. The van der Waals surface area contributed by atoms with Crippen LogP contribution >= 0.6 is 15.9 Å². The first-order valence-electron chi connectivity index (χ1n) is 4.01. The Bertz CT molecular complexity index is 310. The van der Waals surface area contributed by atoms with Crippen LogP contribution in [-0.4, -0.2) is 18.2 Å². The molecule has 70 valence electrons. The second-order valence-electron chi connectivity index (χ2n) is 2.67. The number of oxime groups is 1. The smallest absolute Gasteiger partial charge is 0.106 e. The van der Waals surface area contributed by atoms with Gasteiger partial charge in [-0.1, -0.05) is 45.4 Å². The van der Waals surface area contributed by atoms with Gasteiger partial charge in [0.05, 0.1) is 5.71 Å². The average molecular weight is 242 g/mol. The molecule has 0 saturated carbocycles. The zero-order valence-corrected chi connectivity index (χ0v) is 9.34. The fourth-order valence-electron chi connectivity index (χ4n) is 1.15. The van der Waals surface area contributed by atoms with Gasteiger partial charge in [0.2, 0.25) is 0 Å². The highest BCUT2D eigenvalue weighted by Crippen LogP contribution is 2.10. The number of aryl methyl sites for hydroxylation is 1. The molecule has 0 unspecified atom stereocenters. The Kier molecular flexibility index (Phi) is 3.96. The molecule has 1 aromatic carbocycles. The summed E-state index contributed by atoms with van der Waals surface area (Å²) >= 11 is 3.38. The summed E-state index contributed by atoms with van der Waals surface area (Å²) in [5.74, 6) is 0. The third-order valence-corrected chi connectivity index (χ3v) is 2.32. The monoisotopic (exact) mass is 241 g/mol. The van der Waals surface area contributed by atoms with Crippen LogP contribution in [0, 0.1) is 6.92 Å². The van der Waals surface area contributed by atoms with E-state index in [1.165, 1.54) is 5.56 Å². The molecule has 0 heterocycles. The van der Waals surface area contributed by atoms with E-state index in [1.54, 1.807) is 7.11 Å². The molecule has 0 bridgehead atoms. The second-order valence-corrected chi connectivity index (χ2v) is 3.23. The number of benzene rings is 1. The minimum absolute atomic E-state index is 0.700. The highest BCUT2D eigenvalue weighted by molar-refractivity contribution is 9.09. The third kappa shape index (κ3) is 2.56. The summed E-state index contributed by atoms with van der Waals surface area (Å²) in [7, 11) is 1.56. The molecule has 0 aliphatic heterocycles. The first-order valence-corrected chi connectivity index (χ1v) is 5.13. The number of halogens is 1. The van der Waals surface area contributed by atoms with Crippen LogP contribution in [0.3, 0.4) is 0 Å². The molecule has 0 radical (unpaired) electrons. The average Bonchev–Trinajstić information content (AvgIpc) is 2.16. The van der Waals surface area contributed by atoms with Gasteiger partial charge in [0.25, 0.3) is 0 Å². The largest absolute Gasteiger partial charge is 0.399 e. The minimum atomic E-state index is 0.700. The molecular weight excluding hydrogens is 230 g/mol. The van der Waals surface area contributed by atoms with Crippen molar-refractivity contribution in [2.75, 3.05) is 12.4 Å². The van der Waals surface area contributed by atoms with Gasteiger partial charge in [-0.15, -0.1) is 0 Å². The molecule has 0 fully saturated rings. The fourth-order valence-corrected chi connectivity index (χ4v) is 1.56. The molecule has 0 aliphatic carbocycles. The van der Waals surface area contributed by atoms with Crippen LogP contribution < -0.4 is 0 Å². The molecule has 3 heteroatoms. The zero-order valence-electron chi connectivity index (χ0n) is 7.75. The number of hydrogen-bond donors (Lipinski definition) is 0. The van der Waals surface area contributed by atoms with Gasteiger partial charge < -0.3 is 4.84 Å². The molecule has 0 aromatic heterocycles. The summed E-state index contributed by atoms with van der Waals surface area (Å²) in [4.78, 5) is 4.76. The van der Waals surface area contributed by atoms with Gasteiger partial charge in [0.1, 0.15) is 7.11 Å². The van der Waals surface area contributed by atoms with Crippen molar-refractivity contribution in [3.8, 4) is 0 Å². The number of hydrogen-bond acceptors (Lipinski definition) is 2. The summed E-state index contributed by atoms with van der Waals surface area (Å²) in [6.45, 7) is 2.06. The highest BCUT2D eigenvalue weighted by atomic mass is 79.9. The SMILES string of the molecule is CON=C(CBr)c1ccccc1C. The van der Waals surface area contributed by atoms with Crippen molar-refractivity contribution in [1.29, 1.82) is 0 Å². The van der Waals surface area contributed by atoms with Crippen LogP contribution in [0.5, 0.6) is 0 Å². The van der Waals surface area contributed by atoms with Gasteiger partial charge in [0.15, 0.2) is 0 Å². The van der Waals surface area contributed by atoms with Crippen molar-refractivity contribution in [3.63, 3.8) is 0 Å². The van der Waals surface area contributed by atoms with Crippen LogP contribution in [0.25, 0.3) is 0 Å². The van der Waals surface area contributed by atoms with E-state index in [0.29, 0.717) is 5.33 Å². The first kappa shape index (κ1) is 10.3. The van der Waals surface area contributed by atoms with E-state index in [2.05, 4.69) is 34.1 Å². The normalized spacial score (nSPS) is 11.5. The Morgan fingerprint density at radius 1 is 1.46 bits per heavy atom. The number of rotatable bonds is 3. The van der Waals surface area contributed by atoms with E-state index in [9.17, 15) is 0 Å². The van der Waals surface area contributed by atoms with Gasteiger partial charge in [-0.25, -0.2) is 0 Å². The predicted molar refractivity (Wildman–Crippen MR) is 58.5 cm³/mol. The zero-order chi connectivity index (χ0) is 9.68. The maximum atomic E-state index is 4.76. The molecule has 0 saturated heterocycles. The Balaban J connectivity index is 3.05. The van der Waals surface area contributed by atoms with Crippen molar-refractivity contribution < 1.29 is 4.84 Å². The van der Waals surface area contributed by atoms with Crippen molar-refractivity contribution in [1.82, 2.24) is 0 Å². The van der Waals surface area contributed by atoms with Crippen LogP contribution in [0.4, 0.5) is 0 Å². The van der Waals surface area contributed by atoms with Gasteiger partial charge in [0, 0.05) is 10.9 Å². The molecule has 0 N–H and O–H groups in total. The lowest BCUT2D eigenvalue weighted by Gasteiger charge is -2.05. The molecule has 0 atom stereocenters. The Morgan fingerprint density at radius 2 is 2.15 bits per heavy atom. The predicted octanol–water partition coefficient (Wildman–Crippen LogP) is 2.74. The molecule has 2 nitrogen and oxygen atoms in total. The maximum absolute atomic E-state index is 4.76. The quantitative estimate of drug-likeness (QED) is 0.453. The van der Waals surface area contributed by atoms with Crippen molar-refractivity contribution in [2.45, 2.75) is 6.92 Å². The minimum Gasteiger partial charge on any atom is -0.399 e. The van der Waals surface area contributed by atoms with E-state index in [0.717, 1.165) is 11.3 Å². The third-order valence-electron chi connectivity index (χ3n) is 1.78. The molecule has 1 aromatic rings. The van der Waals surface area contributed by atoms with Crippen LogP contribution in [0.1, 0.15) is 11.1 Å². The fraction of sp³-hybridized carbons (Fsp3) is 0.300. The summed E-state index contributed by atoms with van der Waals surface area (Å²) < 4.78 is 0. The van der Waals surface area contributed by atoms with Gasteiger partial charge in [-0.05, 0) is 12.5 Å². The van der Waals surface area contributed by atoms with E-state index in [1.807, 2.05) is 18.2 Å². The van der Waals surface area contributed by atoms with E-state index < -0.39 is 0 Å². The molecule has 0 amide bonds. The standard InChI is InChI=1S/C10H12BrNO/c1-8-5-3-4-6-9(8)10(7-11)12-13-2/h3-6H,7H2,1-2H3. The van der Waals surface area contributed by atoms with Crippen molar-refractivity contribution in [3.05, 3.63) is 35.4 Å². The molecule has 0 aliphatic rings. The van der Waals surface area contributed by atoms with Gasteiger partial charge in [-0.3, -0.25) is 0 Å². The molecule has 0 spiro atoms. The van der Waals surface area contributed by atoms with Crippen molar-refractivity contribution in [2.24, 2.45) is 5.16 Å². The Hall–Kier alpha value is -0.830. The second kappa shape index (κ2) is 5.02. The number of alkyl halides is 1. The lowest BCUT2D eigenvalue weighted by Crippen LogP contribution is -2.04. The first-order chi connectivity index (χ1) is 6.29. The molecule has 1 rings (SSSR count). The van der Waals surface area contributed by atoms with E-state index in [4.69, 9.17) is 4.84 Å². The van der Waals surface area contributed by atoms with Crippen LogP contribution in [0.15, 0.2) is 29.4 Å². The highest BCUT2D eigenvalue weighted by Gasteiger charge is 2.04. The van der Waals surface area contributed by atoms with Crippen LogP contribution in [0.2, 0.25) is 0 Å². The van der Waals surface area contributed by atoms with Gasteiger partial charge in [-0.2, -0.15) is 0 Å².